The van der Waals surface area contributed by atoms with E-state index >= 15 is 0 Å². The summed E-state index contributed by atoms with van der Waals surface area (Å²) >= 11 is 4.33. The number of carboxylic acid groups (broad SMARTS) is 1. The zero-order valence-electron chi connectivity index (χ0n) is 14.2. The van der Waals surface area contributed by atoms with E-state index in [1.54, 1.807) is 6.92 Å². The summed E-state index contributed by atoms with van der Waals surface area (Å²) in [6.45, 7) is 1.99. The lowest BCUT2D eigenvalue weighted by atomic mass is 10.1. The average molecular weight is 364 g/mol. The first kappa shape index (κ1) is 19.3. The number of aliphatic carboxylic acids is 1. The Kier molecular flexibility index (Phi) is 6.87. The Morgan fingerprint density at radius 3 is 2.64 bits per heavy atom. The van der Waals surface area contributed by atoms with E-state index in [0.717, 1.165) is 12.0 Å². The van der Waals surface area contributed by atoms with Crippen molar-refractivity contribution < 1.29 is 19.5 Å². The van der Waals surface area contributed by atoms with Gasteiger partial charge in [0.05, 0.1) is 5.25 Å². The van der Waals surface area contributed by atoms with Gasteiger partial charge in [0.1, 0.15) is 12.1 Å². The average Bonchev–Trinajstić information content (AvgIpc) is 3.09. The van der Waals surface area contributed by atoms with Gasteiger partial charge >= 0.3 is 5.97 Å². The fourth-order valence-corrected chi connectivity index (χ4v) is 3.19. The number of rotatable bonds is 7. The summed E-state index contributed by atoms with van der Waals surface area (Å²) < 4.78 is 0. The normalized spacial score (nSPS) is 19.3. The van der Waals surface area contributed by atoms with Crippen LogP contribution in [0.3, 0.4) is 0 Å². The van der Waals surface area contributed by atoms with E-state index in [0.29, 0.717) is 25.8 Å². The summed E-state index contributed by atoms with van der Waals surface area (Å²) in [5.74, 6) is -1.67. The van der Waals surface area contributed by atoms with E-state index in [1.807, 2.05) is 30.3 Å². The lowest BCUT2D eigenvalue weighted by Crippen LogP contribution is -2.51. The molecule has 1 aromatic rings. The molecule has 1 aliphatic rings. The van der Waals surface area contributed by atoms with Gasteiger partial charge in [0, 0.05) is 6.54 Å². The van der Waals surface area contributed by atoms with Gasteiger partial charge < -0.3 is 15.3 Å². The van der Waals surface area contributed by atoms with Crippen LogP contribution in [-0.2, 0) is 20.8 Å². The molecule has 0 saturated carbocycles. The van der Waals surface area contributed by atoms with Crippen LogP contribution in [-0.4, -0.2) is 51.7 Å². The lowest BCUT2D eigenvalue weighted by molar-refractivity contribution is -0.149. The van der Waals surface area contributed by atoms with E-state index in [-0.39, 0.29) is 11.8 Å². The van der Waals surface area contributed by atoms with Crippen molar-refractivity contribution in [2.45, 2.75) is 49.9 Å². The number of carbonyl (C=O) groups is 3. The minimum absolute atomic E-state index is 0.314. The van der Waals surface area contributed by atoms with Gasteiger partial charge in [-0.3, -0.25) is 9.59 Å². The van der Waals surface area contributed by atoms with Gasteiger partial charge in [0.15, 0.2) is 0 Å². The molecule has 0 aromatic heterocycles. The highest BCUT2D eigenvalue weighted by Crippen LogP contribution is 2.18. The number of hydrogen-bond acceptors (Lipinski definition) is 4. The number of hydrogen-bond donors (Lipinski definition) is 3. The highest BCUT2D eigenvalue weighted by atomic mass is 32.1. The monoisotopic (exact) mass is 364 g/mol. The first-order chi connectivity index (χ1) is 11.9. The maximum Gasteiger partial charge on any atom is 0.326 e. The number of nitrogens with zero attached hydrogens (tertiary/aromatic N) is 1. The molecule has 3 atom stereocenters. The number of amides is 2. The second kappa shape index (κ2) is 8.89. The molecule has 1 heterocycles. The number of carboxylic acids is 1. The maximum atomic E-state index is 12.4. The van der Waals surface area contributed by atoms with Crippen LogP contribution >= 0.6 is 12.6 Å². The van der Waals surface area contributed by atoms with Crippen LogP contribution in [0.15, 0.2) is 30.3 Å². The first-order valence-electron chi connectivity index (χ1n) is 8.45. The molecule has 1 fully saturated rings. The number of aryl methyl sites for hydroxylation is 1. The molecular weight excluding hydrogens is 340 g/mol. The maximum absolute atomic E-state index is 12.4. The van der Waals surface area contributed by atoms with Gasteiger partial charge in [-0.1, -0.05) is 30.3 Å². The van der Waals surface area contributed by atoms with E-state index in [9.17, 15) is 14.4 Å². The van der Waals surface area contributed by atoms with Crippen molar-refractivity contribution in [2.75, 3.05) is 6.54 Å². The summed E-state index contributed by atoms with van der Waals surface area (Å²) in [7, 11) is 0. The second-order valence-electron chi connectivity index (χ2n) is 6.30. The van der Waals surface area contributed by atoms with Crippen molar-refractivity contribution in [1.82, 2.24) is 10.2 Å². The van der Waals surface area contributed by atoms with Crippen LogP contribution in [0.1, 0.15) is 31.7 Å². The molecule has 1 aliphatic heterocycles. The zero-order chi connectivity index (χ0) is 18.4. The van der Waals surface area contributed by atoms with Gasteiger partial charge in [-0.2, -0.15) is 12.6 Å². The zero-order valence-corrected chi connectivity index (χ0v) is 15.1. The minimum atomic E-state index is -1.00. The van der Waals surface area contributed by atoms with Gasteiger partial charge in [0.25, 0.3) is 0 Å². The quantitative estimate of drug-likeness (QED) is 0.640. The highest BCUT2D eigenvalue weighted by molar-refractivity contribution is 7.81. The lowest BCUT2D eigenvalue weighted by Gasteiger charge is -2.26. The van der Waals surface area contributed by atoms with Crippen LogP contribution < -0.4 is 5.32 Å². The van der Waals surface area contributed by atoms with Crippen LogP contribution in [0.4, 0.5) is 0 Å². The van der Waals surface area contributed by atoms with Gasteiger partial charge in [-0.05, 0) is 38.2 Å². The third-order valence-corrected chi connectivity index (χ3v) is 4.89. The van der Waals surface area contributed by atoms with Crippen LogP contribution in [0.25, 0.3) is 0 Å². The third-order valence-electron chi connectivity index (χ3n) is 4.40. The highest BCUT2D eigenvalue weighted by Gasteiger charge is 2.36. The molecule has 136 valence electrons. The summed E-state index contributed by atoms with van der Waals surface area (Å²) in [6, 6.07) is 8.24. The van der Waals surface area contributed by atoms with Crippen molar-refractivity contribution in [3.8, 4) is 0 Å². The van der Waals surface area contributed by atoms with Crippen LogP contribution in [0, 0.1) is 0 Å². The molecule has 7 heteroatoms. The number of likely N-dealkylation sites (tertiary alicyclic amines) is 1. The topological polar surface area (TPSA) is 86.7 Å². The summed E-state index contributed by atoms with van der Waals surface area (Å²) in [6.07, 6.45) is 2.39. The molecule has 1 aromatic carbocycles. The van der Waals surface area contributed by atoms with E-state index in [2.05, 4.69) is 17.9 Å². The molecule has 1 unspecified atom stereocenters. The fourth-order valence-electron chi connectivity index (χ4n) is 2.99. The smallest absolute Gasteiger partial charge is 0.326 e. The Labute approximate surface area is 153 Å². The van der Waals surface area contributed by atoms with E-state index in [1.165, 1.54) is 4.90 Å². The standard InChI is InChI=1S/C18H24N2O4S/c1-12(17(22)20-11-5-8-14(20)18(23)24)19-16(21)15(25)10-9-13-6-3-2-4-7-13/h2-4,6-7,12,14-15,25H,5,8-11H2,1H3,(H,19,21)(H,23,24)/t12-,14?,15-/m0/s1. The number of nitrogens with one attached hydrogen (secondary N) is 1. The Balaban J connectivity index is 1.84. The van der Waals surface area contributed by atoms with Gasteiger partial charge in [-0.25, -0.2) is 4.79 Å². The summed E-state index contributed by atoms with van der Waals surface area (Å²) in [5, 5.41) is 11.3. The SMILES string of the molecule is C[C@H](NC(=O)[C@@H](S)CCc1ccccc1)C(=O)N1CCCC1C(=O)O. The van der Waals surface area contributed by atoms with Crippen molar-refractivity contribution >= 4 is 30.4 Å². The first-order valence-corrected chi connectivity index (χ1v) is 8.97. The molecular formula is C18H24N2O4S. The van der Waals surface area contributed by atoms with E-state index < -0.39 is 23.3 Å². The van der Waals surface area contributed by atoms with Crippen molar-refractivity contribution in [3.63, 3.8) is 0 Å². The molecule has 2 amide bonds. The molecule has 2 rings (SSSR count). The molecule has 2 N–H and O–H groups in total. The molecule has 1 saturated heterocycles. The van der Waals surface area contributed by atoms with Crippen molar-refractivity contribution in [3.05, 3.63) is 35.9 Å². The Bertz CT molecular complexity index is 623. The predicted molar refractivity (Wildman–Crippen MR) is 97.5 cm³/mol. The van der Waals surface area contributed by atoms with Gasteiger partial charge in [-0.15, -0.1) is 0 Å². The third kappa shape index (κ3) is 5.22. The summed E-state index contributed by atoms with van der Waals surface area (Å²) in [5.41, 5.74) is 1.12. The molecule has 0 bridgehead atoms. The largest absolute Gasteiger partial charge is 0.480 e. The second-order valence-corrected chi connectivity index (χ2v) is 6.92. The summed E-state index contributed by atoms with van der Waals surface area (Å²) in [4.78, 5) is 37.2. The molecule has 6 nitrogen and oxygen atoms in total. The Morgan fingerprint density at radius 1 is 1.32 bits per heavy atom. The van der Waals surface area contributed by atoms with E-state index in [4.69, 9.17) is 5.11 Å². The van der Waals surface area contributed by atoms with Gasteiger partial charge in [0.2, 0.25) is 11.8 Å². The predicted octanol–water partition coefficient (Wildman–Crippen LogP) is 1.50. The van der Waals surface area contributed by atoms with Crippen molar-refractivity contribution in [1.29, 1.82) is 0 Å². The van der Waals surface area contributed by atoms with Crippen molar-refractivity contribution in [2.24, 2.45) is 0 Å². The Morgan fingerprint density at radius 2 is 2.00 bits per heavy atom. The van der Waals surface area contributed by atoms with Crippen LogP contribution in [0.2, 0.25) is 0 Å². The number of benzene rings is 1. The van der Waals surface area contributed by atoms with Crippen LogP contribution in [0.5, 0.6) is 0 Å². The molecule has 25 heavy (non-hydrogen) atoms. The molecule has 0 radical (unpaired) electrons. The number of carbonyl (C=O) groups excluding carboxylic acids is 2. The molecule has 0 aliphatic carbocycles. The number of thiol groups is 1. The fraction of sp³-hybridized carbons (Fsp3) is 0.500. The minimum Gasteiger partial charge on any atom is -0.480 e. The Hall–Kier alpha value is -2.02. The molecule has 0 spiro atoms.